The fourth-order valence-corrected chi connectivity index (χ4v) is 3.96. The molecule has 0 unspecified atom stereocenters. The molecule has 5 nitrogen and oxygen atoms in total. The number of aromatic amines is 1. The highest BCUT2D eigenvalue weighted by atomic mass is 19.1. The minimum Gasteiger partial charge on any atom is -0.338 e. The van der Waals surface area contributed by atoms with Crippen LogP contribution in [0.25, 0.3) is 11.4 Å². The monoisotopic (exact) mass is 385 g/mol. The number of amides is 1. The van der Waals surface area contributed by atoms with Gasteiger partial charge in [-0.2, -0.15) is 0 Å². The summed E-state index contributed by atoms with van der Waals surface area (Å²) in [4.78, 5) is 34.3. The molecule has 0 saturated carbocycles. The van der Waals surface area contributed by atoms with E-state index >= 15 is 0 Å². The van der Waals surface area contributed by atoms with E-state index in [0.29, 0.717) is 47.9 Å². The predicted molar refractivity (Wildman–Crippen MR) is 107 cm³/mol. The summed E-state index contributed by atoms with van der Waals surface area (Å²) >= 11 is 0. The van der Waals surface area contributed by atoms with Crippen LogP contribution >= 0.6 is 0 Å². The number of H-pyrrole nitrogens is 1. The van der Waals surface area contributed by atoms with Crippen molar-refractivity contribution in [2.45, 2.75) is 53.5 Å². The van der Waals surface area contributed by atoms with Gasteiger partial charge in [0.2, 0.25) is 5.91 Å². The molecule has 28 heavy (non-hydrogen) atoms. The topological polar surface area (TPSA) is 66.1 Å². The number of benzene rings is 1. The first-order valence-electron chi connectivity index (χ1n) is 9.78. The molecule has 1 atom stereocenters. The highest BCUT2D eigenvalue weighted by Crippen LogP contribution is 2.27. The van der Waals surface area contributed by atoms with Gasteiger partial charge in [-0.25, -0.2) is 9.37 Å². The number of nitrogens with zero attached hydrogens (tertiary/aromatic N) is 2. The molecular weight excluding hydrogens is 357 g/mol. The molecule has 1 aromatic carbocycles. The zero-order valence-corrected chi connectivity index (χ0v) is 17.0. The van der Waals surface area contributed by atoms with E-state index in [0.717, 1.165) is 6.42 Å². The number of hydrogen-bond acceptors (Lipinski definition) is 3. The fraction of sp³-hybridized carbons (Fsp3) is 0.500. The fourth-order valence-electron chi connectivity index (χ4n) is 3.96. The van der Waals surface area contributed by atoms with Gasteiger partial charge in [0, 0.05) is 24.9 Å². The zero-order valence-electron chi connectivity index (χ0n) is 17.0. The summed E-state index contributed by atoms with van der Waals surface area (Å²) in [5.74, 6) is 0.359. The van der Waals surface area contributed by atoms with Crippen LogP contribution in [-0.2, 0) is 17.8 Å². The van der Waals surface area contributed by atoms with E-state index in [-0.39, 0.29) is 29.2 Å². The van der Waals surface area contributed by atoms with Gasteiger partial charge >= 0.3 is 0 Å². The van der Waals surface area contributed by atoms with Gasteiger partial charge in [0.1, 0.15) is 11.6 Å². The minimum atomic E-state index is -0.376. The third kappa shape index (κ3) is 4.86. The van der Waals surface area contributed by atoms with Gasteiger partial charge in [0.25, 0.3) is 5.56 Å². The maximum Gasteiger partial charge on any atom is 0.256 e. The van der Waals surface area contributed by atoms with Crippen LogP contribution in [0.1, 0.15) is 51.8 Å². The Bertz CT molecular complexity index is 930. The molecule has 2 heterocycles. The van der Waals surface area contributed by atoms with E-state index in [4.69, 9.17) is 0 Å². The normalized spacial score (nSPS) is 15.2. The lowest BCUT2D eigenvalue weighted by atomic mass is 9.84. The lowest BCUT2D eigenvalue weighted by molar-refractivity contribution is -0.133. The zero-order chi connectivity index (χ0) is 20.5. The molecule has 150 valence electrons. The number of fused-ring (bicyclic) bond motifs is 1. The number of halogens is 1. The lowest BCUT2D eigenvalue weighted by Crippen LogP contribution is -2.40. The maximum atomic E-state index is 13.5. The molecule has 6 heteroatoms. The second kappa shape index (κ2) is 7.86. The van der Waals surface area contributed by atoms with Crippen molar-refractivity contribution in [2.75, 3.05) is 6.54 Å². The van der Waals surface area contributed by atoms with Crippen LogP contribution in [0, 0.1) is 17.2 Å². The van der Waals surface area contributed by atoms with E-state index in [1.54, 1.807) is 17.0 Å². The molecule has 1 aliphatic rings. The second-order valence-corrected chi connectivity index (χ2v) is 8.99. The number of carbonyl (C=O) groups excluding carboxylic acids is 1. The van der Waals surface area contributed by atoms with Gasteiger partial charge < -0.3 is 9.88 Å². The van der Waals surface area contributed by atoms with Gasteiger partial charge in [-0.15, -0.1) is 0 Å². The molecule has 0 aliphatic carbocycles. The first kappa shape index (κ1) is 20.2. The van der Waals surface area contributed by atoms with Gasteiger partial charge in [-0.3, -0.25) is 9.59 Å². The number of nitrogens with one attached hydrogen (secondary N) is 1. The van der Waals surface area contributed by atoms with Crippen molar-refractivity contribution in [1.29, 1.82) is 0 Å². The third-order valence-electron chi connectivity index (χ3n) is 5.00. The van der Waals surface area contributed by atoms with Crippen molar-refractivity contribution >= 4 is 5.91 Å². The number of hydrogen-bond donors (Lipinski definition) is 1. The van der Waals surface area contributed by atoms with Gasteiger partial charge in [0.05, 0.1) is 17.8 Å². The van der Waals surface area contributed by atoms with Crippen molar-refractivity contribution in [3.63, 3.8) is 0 Å². The molecule has 1 N–H and O–H groups in total. The van der Waals surface area contributed by atoms with Crippen LogP contribution in [0.2, 0.25) is 0 Å². The average Bonchev–Trinajstić information content (AvgIpc) is 2.59. The van der Waals surface area contributed by atoms with E-state index in [2.05, 4.69) is 37.7 Å². The van der Waals surface area contributed by atoms with Crippen LogP contribution < -0.4 is 5.56 Å². The van der Waals surface area contributed by atoms with Crippen LogP contribution in [-0.4, -0.2) is 27.3 Å². The summed E-state index contributed by atoms with van der Waals surface area (Å²) in [6.07, 6.45) is 1.99. The Kier molecular flexibility index (Phi) is 5.68. The maximum absolute atomic E-state index is 13.5. The SMILES string of the molecule is C[C@@H](CC(=O)N1CCc2nc(-c3cccc(F)c3)[nH]c(=O)c2C1)CC(C)(C)C. The first-order chi connectivity index (χ1) is 13.1. The molecule has 0 saturated heterocycles. The molecule has 3 rings (SSSR count). The summed E-state index contributed by atoms with van der Waals surface area (Å²) < 4.78 is 13.5. The Balaban J connectivity index is 1.75. The summed E-state index contributed by atoms with van der Waals surface area (Å²) in [5, 5.41) is 0. The molecule has 2 aromatic rings. The highest BCUT2D eigenvalue weighted by molar-refractivity contribution is 5.76. The molecule has 1 aromatic heterocycles. The van der Waals surface area contributed by atoms with Gasteiger partial charge in [-0.05, 0) is 29.9 Å². The van der Waals surface area contributed by atoms with Gasteiger partial charge in [-0.1, -0.05) is 39.8 Å². The van der Waals surface area contributed by atoms with Crippen molar-refractivity contribution in [2.24, 2.45) is 11.3 Å². The number of carbonyl (C=O) groups is 1. The van der Waals surface area contributed by atoms with E-state index in [1.165, 1.54) is 12.1 Å². The van der Waals surface area contributed by atoms with E-state index in [9.17, 15) is 14.0 Å². The van der Waals surface area contributed by atoms with E-state index in [1.807, 2.05) is 0 Å². The standard InChI is InChI=1S/C22H28FN3O2/c1-14(12-22(2,3)4)10-19(27)26-9-8-18-17(13-26)21(28)25-20(24-18)15-6-5-7-16(23)11-15/h5-7,11,14H,8-10,12-13H2,1-4H3,(H,24,25,28)/t14-/m0/s1. The van der Waals surface area contributed by atoms with Crippen molar-refractivity contribution in [3.05, 3.63) is 51.7 Å². The Hall–Kier alpha value is -2.50. The predicted octanol–water partition coefficient (Wildman–Crippen LogP) is 3.92. The summed E-state index contributed by atoms with van der Waals surface area (Å²) in [5.41, 5.74) is 1.68. The van der Waals surface area contributed by atoms with Crippen LogP contribution in [0.15, 0.2) is 29.1 Å². The summed E-state index contributed by atoms with van der Waals surface area (Å²) in [6.45, 7) is 9.45. The summed E-state index contributed by atoms with van der Waals surface area (Å²) in [7, 11) is 0. The smallest absolute Gasteiger partial charge is 0.256 e. The largest absolute Gasteiger partial charge is 0.338 e. The van der Waals surface area contributed by atoms with Crippen molar-refractivity contribution in [1.82, 2.24) is 14.9 Å². The molecular formula is C22H28FN3O2. The van der Waals surface area contributed by atoms with Crippen molar-refractivity contribution < 1.29 is 9.18 Å². The Morgan fingerprint density at radius 1 is 1.36 bits per heavy atom. The number of aromatic nitrogens is 2. The van der Waals surface area contributed by atoms with E-state index < -0.39 is 0 Å². The quantitative estimate of drug-likeness (QED) is 0.867. The Morgan fingerprint density at radius 2 is 2.11 bits per heavy atom. The third-order valence-corrected chi connectivity index (χ3v) is 5.00. The lowest BCUT2D eigenvalue weighted by Gasteiger charge is -2.30. The first-order valence-corrected chi connectivity index (χ1v) is 9.78. The second-order valence-electron chi connectivity index (χ2n) is 8.99. The molecule has 1 amide bonds. The molecule has 0 fully saturated rings. The van der Waals surface area contributed by atoms with Crippen LogP contribution in [0.4, 0.5) is 4.39 Å². The summed E-state index contributed by atoms with van der Waals surface area (Å²) in [6, 6.07) is 6.00. The molecule has 0 spiro atoms. The Morgan fingerprint density at radius 3 is 2.79 bits per heavy atom. The number of rotatable bonds is 4. The molecule has 1 aliphatic heterocycles. The van der Waals surface area contributed by atoms with Crippen molar-refractivity contribution in [3.8, 4) is 11.4 Å². The average molecular weight is 385 g/mol. The van der Waals surface area contributed by atoms with Gasteiger partial charge in [0.15, 0.2) is 0 Å². The van der Waals surface area contributed by atoms with Crippen LogP contribution in [0.3, 0.4) is 0 Å². The molecule has 0 bridgehead atoms. The van der Waals surface area contributed by atoms with Crippen LogP contribution in [0.5, 0.6) is 0 Å². The highest BCUT2D eigenvalue weighted by Gasteiger charge is 2.26. The minimum absolute atomic E-state index is 0.0796. The Labute approximate surface area is 165 Å². The molecule has 0 radical (unpaired) electrons.